The normalized spacial score (nSPS) is 11.4. The molecule has 1 heterocycles. The molecule has 1 aromatic heterocycles. The molecule has 0 amide bonds. The van der Waals surface area contributed by atoms with Crippen LogP contribution in [0.3, 0.4) is 0 Å². The molecule has 0 atom stereocenters. The van der Waals surface area contributed by atoms with Crippen molar-refractivity contribution in [3.05, 3.63) is 102 Å². The molecular formula is C22H17FN2. The summed E-state index contributed by atoms with van der Waals surface area (Å²) in [7, 11) is 0. The average molecular weight is 328 g/mol. The van der Waals surface area contributed by atoms with Crippen LogP contribution in [-0.4, -0.2) is 9.55 Å². The second-order valence-electron chi connectivity index (χ2n) is 5.88. The van der Waals surface area contributed by atoms with Crippen molar-refractivity contribution in [1.82, 2.24) is 9.55 Å². The molecule has 0 unspecified atom stereocenters. The van der Waals surface area contributed by atoms with E-state index in [1.807, 2.05) is 83.4 Å². The quantitative estimate of drug-likeness (QED) is 0.491. The first-order valence-corrected chi connectivity index (χ1v) is 8.23. The summed E-state index contributed by atoms with van der Waals surface area (Å²) in [6.07, 6.45) is 4.01. The molecule has 0 N–H and O–H groups in total. The first kappa shape index (κ1) is 15.3. The Labute approximate surface area is 145 Å². The number of hydrogen-bond acceptors (Lipinski definition) is 1. The van der Waals surface area contributed by atoms with Gasteiger partial charge in [0.15, 0.2) is 0 Å². The van der Waals surface area contributed by atoms with Crippen LogP contribution in [0.4, 0.5) is 4.39 Å². The number of aromatic nitrogens is 2. The van der Waals surface area contributed by atoms with Crippen LogP contribution < -0.4 is 0 Å². The lowest BCUT2D eigenvalue weighted by molar-refractivity contribution is 0.601. The van der Waals surface area contributed by atoms with Crippen LogP contribution >= 0.6 is 0 Å². The van der Waals surface area contributed by atoms with Crippen LogP contribution in [-0.2, 0) is 6.54 Å². The minimum absolute atomic E-state index is 0.196. The van der Waals surface area contributed by atoms with Gasteiger partial charge >= 0.3 is 0 Å². The van der Waals surface area contributed by atoms with Crippen molar-refractivity contribution in [2.45, 2.75) is 6.54 Å². The van der Waals surface area contributed by atoms with Gasteiger partial charge in [0.1, 0.15) is 11.6 Å². The van der Waals surface area contributed by atoms with Crippen molar-refractivity contribution in [2.24, 2.45) is 0 Å². The third kappa shape index (κ3) is 3.22. The van der Waals surface area contributed by atoms with Gasteiger partial charge in [0.2, 0.25) is 0 Å². The minimum Gasteiger partial charge on any atom is -0.320 e. The average Bonchev–Trinajstić information content (AvgIpc) is 3.00. The molecule has 3 heteroatoms. The Morgan fingerprint density at radius 1 is 0.800 bits per heavy atom. The maximum Gasteiger partial charge on any atom is 0.134 e. The summed E-state index contributed by atoms with van der Waals surface area (Å²) in [4.78, 5) is 4.71. The molecule has 0 saturated heterocycles. The lowest BCUT2D eigenvalue weighted by atomic mass is 10.2. The van der Waals surface area contributed by atoms with Crippen LogP contribution in [0.15, 0.2) is 78.9 Å². The van der Waals surface area contributed by atoms with Crippen molar-refractivity contribution in [1.29, 1.82) is 0 Å². The summed E-state index contributed by atoms with van der Waals surface area (Å²) in [5, 5.41) is 0. The molecule has 0 radical (unpaired) electrons. The highest BCUT2D eigenvalue weighted by atomic mass is 19.1. The molecule has 0 fully saturated rings. The minimum atomic E-state index is -0.196. The second-order valence-corrected chi connectivity index (χ2v) is 5.88. The molecule has 4 rings (SSSR count). The Morgan fingerprint density at radius 3 is 2.36 bits per heavy atom. The predicted molar refractivity (Wildman–Crippen MR) is 101 cm³/mol. The Morgan fingerprint density at radius 2 is 1.52 bits per heavy atom. The van der Waals surface area contributed by atoms with E-state index in [2.05, 4.69) is 0 Å². The first-order valence-electron chi connectivity index (χ1n) is 8.23. The van der Waals surface area contributed by atoms with Gasteiger partial charge in [0.05, 0.1) is 17.6 Å². The van der Waals surface area contributed by atoms with Crippen LogP contribution in [0, 0.1) is 5.82 Å². The van der Waals surface area contributed by atoms with Gasteiger partial charge < -0.3 is 4.57 Å². The Balaban J connectivity index is 1.78. The van der Waals surface area contributed by atoms with Gasteiger partial charge in [0, 0.05) is 5.56 Å². The van der Waals surface area contributed by atoms with Crippen molar-refractivity contribution < 1.29 is 4.39 Å². The zero-order valence-corrected chi connectivity index (χ0v) is 13.6. The van der Waals surface area contributed by atoms with E-state index in [-0.39, 0.29) is 5.82 Å². The summed E-state index contributed by atoms with van der Waals surface area (Å²) < 4.78 is 16.2. The first-order chi connectivity index (χ1) is 12.3. The summed E-state index contributed by atoms with van der Waals surface area (Å²) in [5.74, 6) is 0.617. The number of benzene rings is 3. The van der Waals surface area contributed by atoms with Crippen LogP contribution in [0.5, 0.6) is 0 Å². The number of rotatable bonds is 4. The molecule has 3 aromatic carbocycles. The molecule has 25 heavy (non-hydrogen) atoms. The maximum absolute atomic E-state index is 14.1. The zero-order valence-electron chi connectivity index (χ0n) is 13.6. The fourth-order valence-electron chi connectivity index (χ4n) is 2.92. The highest BCUT2D eigenvalue weighted by Gasteiger charge is 2.10. The van der Waals surface area contributed by atoms with Crippen LogP contribution in [0.2, 0.25) is 0 Å². The predicted octanol–water partition coefficient (Wildman–Crippen LogP) is 5.39. The Bertz CT molecular complexity index is 1030. The number of hydrogen-bond donors (Lipinski definition) is 0. The largest absolute Gasteiger partial charge is 0.320 e. The number of nitrogens with zero attached hydrogens (tertiary/aromatic N) is 2. The molecule has 0 saturated carbocycles. The lowest BCUT2D eigenvalue weighted by Gasteiger charge is -2.08. The van der Waals surface area contributed by atoms with Gasteiger partial charge in [-0.15, -0.1) is 0 Å². The SMILES string of the molecule is Fc1ccccc1Cn1c(/C=C/c2ccccc2)nc2ccccc21. The van der Waals surface area contributed by atoms with E-state index >= 15 is 0 Å². The molecule has 0 aliphatic rings. The van der Waals surface area contributed by atoms with E-state index in [1.165, 1.54) is 6.07 Å². The maximum atomic E-state index is 14.1. The van der Waals surface area contributed by atoms with Gasteiger partial charge in [-0.2, -0.15) is 0 Å². The number of fused-ring (bicyclic) bond motifs is 1. The number of para-hydroxylation sites is 2. The van der Waals surface area contributed by atoms with Gasteiger partial charge in [-0.3, -0.25) is 0 Å². The standard InChI is InChI=1S/C22H17FN2/c23-19-11-5-4-10-18(19)16-25-21-13-7-6-12-20(21)24-22(25)15-14-17-8-2-1-3-9-17/h1-15H,16H2/b15-14+. The van der Waals surface area contributed by atoms with Crippen molar-refractivity contribution >= 4 is 23.2 Å². The van der Waals surface area contributed by atoms with Gasteiger partial charge in [0.25, 0.3) is 0 Å². The molecule has 2 nitrogen and oxygen atoms in total. The van der Waals surface area contributed by atoms with Crippen molar-refractivity contribution in [3.63, 3.8) is 0 Å². The van der Waals surface area contributed by atoms with E-state index in [1.54, 1.807) is 6.07 Å². The summed E-state index contributed by atoms with van der Waals surface area (Å²) in [6.45, 7) is 0.446. The molecular weight excluding hydrogens is 311 g/mol. The highest BCUT2D eigenvalue weighted by molar-refractivity contribution is 5.80. The monoisotopic (exact) mass is 328 g/mol. The summed E-state index contributed by atoms with van der Waals surface area (Å²) >= 11 is 0. The number of halogens is 1. The number of imidazole rings is 1. The van der Waals surface area contributed by atoms with Crippen LogP contribution in [0.25, 0.3) is 23.2 Å². The lowest BCUT2D eigenvalue weighted by Crippen LogP contribution is -2.04. The molecule has 0 bridgehead atoms. The van der Waals surface area contributed by atoms with E-state index in [9.17, 15) is 4.39 Å². The van der Waals surface area contributed by atoms with Gasteiger partial charge in [-0.25, -0.2) is 9.37 Å². The molecule has 0 aliphatic heterocycles. The van der Waals surface area contributed by atoms with Gasteiger partial charge in [-0.1, -0.05) is 66.7 Å². The summed E-state index contributed by atoms with van der Waals surface area (Å²) in [6, 6.07) is 24.9. The van der Waals surface area contributed by atoms with Gasteiger partial charge in [-0.05, 0) is 29.8 Å². The topological polar surface area (TPSA) is 17.8 Å². The Hall–Kier alpha value is -3.20. The third-order valence-corrected chi connectivity index (χ3v) is 4.19. The van der Waals surface area contributed by atoms with Crippen molar-refractivity contribution in [2.75, 3.05) is 0 Å². The van der Waals surface area contributed by atoms with E-state index in [4.69, 9.17) is 4.98 Å². The molecule has 0 aliphatic carbocycles. The van der Waals surface area contributed by atoms with Crippen molar-refractivity contribution in [3.8, 4) is 0 Å². The Kier molecular flexibility index (Phi) is 4.13. The highest BCUT2D eigenvalue weighted by Crippen LogP contribution is 2.20. The van der Waals surface area contributed by atoms with E-state index in [0.717, 1.165) is 22.4 Å². The van der Waals surface area contributed by atoms with E-state index < -0.39 is 0 Å². The van der Waals surface area contributed by atoms with E-state index in [0.29, 0.717) is 12.1 Å². The molecule has 0 spiro atoms. The zero-order chi connectivity index (χ0) is 17.1. The summed E-state index contributed by atoms with van der Waals surface area (Å²) in [5.41, 5.74) is 3.66. The van der Waals surface area contributed by atoms with Crippen LogP contribution in [0.1, 0.15) is 17.0 Å². The molecule has 122 valence electrons. The second kappa shape index (κ2) is 6.73. The fourth-order valence-corrected chi connectivity index (χ4v) is 2.92. The smallest absolute Gasteiger partial charge is 0.134 e. The fraction of sp³-hybridized carbons (Fsp3) is 0.0455. The third-order valence-electron chi connectivity index (χ3n) is 4.19. The molecule has 4 aromatic rings.